The monoisotopic (exact) mass is 482 g/mol. The first kappa shape index (κ1) is 24.9. The first-order valence-corrected chi connectivity index (χ1v) is 12.1. The molecule has 0 radical (unpaired) electrons. The SMILES string of the molecule is CCCOc1cccc([C@H]2/C(=C(\O)c3ccc(F)cc3)C(=O)C(=O)N2CCCN2CCOCC2)c1. The Morgan fingerprint density at radius 2 is 1.86 bits per heavy atom. The number of aliphatic hydroxyl groups is 1. The standard InChI is InChI=1S/C27H31FN2O5/c1-2-15-35-22-6-3-5-20(18-22)24-23(25(31)19-7-9-21(28)10-8-19)26(32)27(33)30(24)12-4-11-29-13-16-34-17-14-29/h3,5-10,18,24,31H,2,4,11-17H2,1H3/b25-23+/t24-/m0/s1. The highest BCUT2D eigenvalue weighted by Gasteiger charge is 2.46. The number of morpholine rings is 1. The molecular weight excluding hydrogens is 451 g/mol. The van der Waals surface area contributed by atoms with Gasteiger partial charge in [-0.05, 0) is 54.8 Å². The number of halogens is 1. The van der Waals surface area contributed by atoms with Gasteiger partial charge in [0.1, 0.15) is 17.3 Å². The average Bonchev–Trinajstić information content (AvgIpc) is 3.13. The number of ketones is 1. The minimum Gasteiger partial charge on any atom is -0.507 e. The number of hydrogen-bond acceptors (Lipinski definition) is 6. The predicted molar refractivity (Wildman–Crippen MR) is 130 cm³/mol. The van der Waals surface area contributed by atoms with Crippen molar-refractivity contribution in [2.75, 3.05) is 46.0 Å². The molecule has 2 aromatic carbocycles. The van der Waals surface area contributed by atoms with E-state index in [1.807, 2.05) is 25.1 Å². The third-order valence-corrected chi connectivity index (χ3v) is 6.28. The molecule has 7 nitrogen and oxygen atoms in total. The zero-order valence-electron chi connectivity index (χ0n) is 19.9. The van der Waals surface area contributed by atoms with Crippen LogP contribution in [0.3, 0.4) is 0 Å². The number of benzene rings is 2. The number of amides is 1. The van der Waals surface area contributed by atoms with Crippen molar-refractivity contribution in [3.63, 3.8) is 0 Å². The van der Waals surface area contributed by atoms with Crippen molar-refractivity contribution in [3.8, 4) is 5.75 Å². The van der Waals surface area contributed by atoms with E-state index in [0.717, 1.165) is 26.1 Å². The zero-order chi connectivity index (χ0) is 24.8. The second-order valence-electron chi connectivity index (χ2n) is 8.73. The molecule has 2 fully saturated rings. The summed E-state index contributed by atoms with van der Waals surface area (Å²) in [5, 5.41) is 11.1. The quantitative estimate of drug-likeness (QED) is 0.333. The lowest BCUT2D eigenvalue weighted by atomic mass is 9.95. The van der Waals surface area contributed by atoms with Crippen LogP contribution < -0.4 is 4.74 Å². The van der Waals surface area contributed by atoms with Gasteiger partial charge >= 0.3 is 0 Å². The van der Waals surface area contributed by atoms with Crippen LogP contribution in [0.1, 0.15) is 36.9 Å². The molecule has 1 N–H and O–H groups in total. The average molecular weight is 483 g/mol. The van der Waals surface area contributed by atoms with Gasteiger partial charge in [0.05, 0.1) is 31.4 Å². The predicted octanol–water partition coefficient (Wildman–Crippen LogP) is 3.76. The molecule has 0 bridgehead atoms. The molecule has 2 aliphatic rings. The van der Waals surface area contributed by atoms with Gasteiger partial charge in [0.2, 0.25) is 0 Å². The number of nitrogens with zero attached hydrogens (tertiary/aromatic N) is 2. The molecule has 0 aliphatic carbocycles. The van der Waals surface area contributed by atoms with E-state index in [9.17, 15) is 19.1 Å². The Balaban J connectivity index is 1.67. The van der Waals surface area contributed by atoms with Crippen molar-refractivity contribution in [2.24, 2.45) is 0 Å². The van der Waals surface area contributed by atoms with E-state index in [2.05, 4.69) is 4.90 Å². The third-order valence-electron chi connectivity index (χ3n) is 6.28. The molecule has 186 valence electrons. The Hall–Kier alpha value is -3.23. The Bertz CT molecular complexity index is 1080. The van der Waals surface area contributed by atoms with Crippen LogP contribution in [-0.4, -0.2) is 72.6 Å². The number of carbonyl (C=O) groups is 2. The van der Waals surface area contributed by atoms with Crippen LogP contribution in [-0.2, 0) is 14.3 Å². The summed E-state index contributed by atoms with van der Waals surface area (Å²) in [4.78, 5) is 30.1. The molecule has 2 heterocycles. The fourth-order valence-electron chi connectivity index (χ4n) is 4.50. The second kappa shape index (κ2) is 11.5. The Morgan fingerprint density at radius 1 is 1.11 bits per heavy atom. The molecule has 0 saturated carbocycles. The van der Waals surface area contributed by atoms with Gasteiger partial charge in [0.15, 0.2) is 0 Å². The van der Waals surface area contributed by atoms with Gasteiger partial charge in [-0.25, -0.2) is 4.39 Å². The maximum absolute atomic E-state index is 13.5. The molecule has 2 aromatic rings. The molecule has 8 heteroatoms. The lowest BCUT2D eigenvalue weighted by Crippen LogP contribution is -2.38. The van der Waals surface area contributed by atoms with Gasteiger partial charge in [-0.1, -0.05) is 19.1 Å². The molecule has 0 spiro atoms. The van der Waals surface area contributed by atoms with Crippen LogP contribution in [0.15, 0.2) is 54.1 Å². The Kier molecular flexibility index (Phi) is 8.15. The first-order valence-electron chi connectivity index (χ1n) is 12.1. The van der Waals surface area contributed by atoms with Crippen molar-refractivity contribution in [1.82, 2.24) is 9.80 Å². The van der Waals surface area contributed by atoms with Crippen LogP contribution in [0.5, 0.6) is 5.75 Å². The van der Waals surface area contributed by atoms with E-state index in [0.29, 0.717) is 44.1 Å². The fraction of sp³-hybridized carbons (Fsp3) is 0.407. The second-order valence-corrected chi connectivity index (χ2v) is 8.73. The lowest BCUT2D eigenvalue weighted by Gasteiger charge is -2.29. The molecule has 1 amide bonds. The van der Waals surface area contributed by atoms with Crippen molar-refractivity contribution in [3.05, 3.63) is 71.0 Å². The molecule has 0 aromatic heterocycles. The molecule has 2 aliphatic heterocycles. The van der Waals surface area contributed by atoms with E-state index in [1.54, 1.807) is 6.07 Å². The van der Waals surface area contributed by atoms with Crippen molar-refractivity contribution < 1.29 is 28.6 Å². The number of carbonyl (C=O) groups excluding carboxylic acids is 2. The summed E-state index contributed by atoms with van der Waals surface area (Å²) < 4.78 is 24.6. The highest BCUT2D eigenvalue weighted by molar-refractivity contribution is 6.46. The topological polar surface area (TPSA) is 79.3 Å². The third kappa shape index (κ3) is 5.71. The fourth-order valence-corrected chi connectivity index (χ4v) is 4.50. The Morgan fingerprint density at radius 3 is 2.57 bits per heavy atom. The summed E-state index contributed by atoms with van der Waals surface area (Å²) in [6.07, 6.45) is 1.51. The normalized spacial score (nSPS) is 20.4. The minimum absolute atomic E-state index is 0.000576. The van der Waals surface area contributed by atoms with E-state index < -0.39 is 23.5 Å². The minimum atomic E-state index is -0.769. The summed E-state index contributed by atoms with van der Waals surface area (Å²) in [5.74, 6) is -1.54. The number of hydrogen-bond donors (Lipinski definition) is 1. The van der Waals surface area contributed by atoms with E-state index in [1.165, 1.54) is 29.2 Å². The van der Waals surface area contributed by atoms with E-state index >= 15 is 0 Å². The van der Waals surface area contributed by atoms with Gasteiger partial charge in [-0.15, -0.1) is 0 Å². The van der Waals surface area contributed by atoms with Crippen LogP contribution in [0.2, 0.25) is 0 Å². The molecular formula is C27H31FN2O5. The lowest BCUT2D eigenvalue weighted by molar-refractivity contribution is -0.140. The maximum Gasteiger partial charge on any atom is 0.295 e. The summed E-state index contributed by atoms with van der Waals surface area (Å²) in [6, 6.07) is 11.7. The van der Waals surface area contributed by atoms with Crippen molar-refractivity contribution in [2.45, 2.75) is 25.8 Å². The van der Waals surface area contributed by atoms with Crippen LogP contribution >= 0.6 is 0 Å². The van der Waals surface area contributed by atoms with Crippen LogP contribution in [0.4, 0.5) is 4.39 Å². The largest absolute Gasteiger partial charge is 0.507 e. The summed E-state index contributed by atoms with van der Waals surface area (Å²) in [6.45, 7) is 6.73. The van der Waals surface area contributed by atoms with Gasteiger partial charge in [0.25, 0.3) is 11.7 Å². The van der Waals surface area contributed by atoms with Gasteiger partial charge in [-0.2, -0.15) is 0 Å². The number of aliphatic hydroxyl groups excluding tert-OH is 1. The molecule has 35 heavy (non-hydrogen) atoms. The summed E-state index contributed by atoms with van der Waals surface area (Å²) in [7, 11) is 0. The van der Waals surface area contributed by atoms with Gasteiger partial charge in [-0.3, -0.25) is 14.5 Å². The summed E-state index contributed by atoms with van der Waals surface area (Å²) in [5.41, 5.74) is 0.953. The first-order chi connectivity index (χ1) is 17.0. The number of rotatable bonds is 9. The van der Waals surface area contributed by atoms with Gasteiger partial charge < -0.3 is 19.5 Å². The number of likely N-dealkylation sites (tertiary alicyclic amines) is 1. The van der Waals surface area contributed by atoms with Crippen molar-refractivity contribution >= 4 is 17.4 Å². The molecule has 0 unspecified atom stereocenters. The van der Waals surface area contributed by atoms with Crippen LogP contribution in [0, 0.1) is 5.82 Å². The van der Waals surface area contributed by atoms with Crippen LogP contribution in [0.25, 0.3) is 5.76 Å². The highest BCUT2D eigenvalue weighted by atomic mass is 19.1. The Labute approximate surface area is 204 Å². The highest BCUT2D eigenvalue weighted by Crippen LogP contribution is 2.40. The number of ether oxygens (including phenoxy) is 2. The smallest absolute Gasteiger partial charge is 0.295 e. The van der Waals surface area contributed by atoms with E-state index in [-0.39, 0.29) is 16.9 Å². The molecule has 2 saturated heterocycles. The zero-order valence-corrected chi connectivity index (χ0v) is 19.9. The number of Topliss-reactive ketones (excluding diaryl/α,β-unsaturated/α-hetero) is 1. The molecule has 4 rings (SSSR count). The summed E-state index contributed by atoms with van der Waals surface area (Å²) >= 11 is 0. The van der Waals surface area contributed by atoms with Gasteiger partial charge in [0, 0.05) is 31.7 Å². The van der Waals surface area contributed by atoms with Crippen molar-refractivity contribution in [1.29, 1.82) is 0 Å². The molecule has 1 atom stereocenters. The maximum atomic E-state index is 13.5. The van der Waals surface area contributed by atoms with E-state index in [4.69, 9.17) is 9.47 Å².